The molecule has 134 valence electrons. The zero-order chi connectivity index (χ0) is 17.6. The second kappa shape index (κ2) is 8.37. The maximum Gasteiger partial charge on any atom is 0.416 e. The molecule has 0 spiro atoms. The van der Waals surface area contributed by atoms with Crippen LogP contribution in [0.3, 0.4) is 0 Å². The zero-order valence-electron chi connectivity index (χ0n) is 13.8. The first-order chi connectivity index (χ1) is 11.4. The van der Waals surface area contributed by atoms with E-state index in [0.717, 1.165) is 44.6 Å². The third-order valence-corrected chi connectivity index (χ3v) is 4.27. The molecule has 1 amide bonds. The number of likely N-dealkylation sites (tertiary alicyclic amines) is 1. The maximum absolute atomic E-state index is 12.6. The highest BCUT2D eigenvalue weighted by molar-refractivity contribution is 5.79. The third kappa shape index (κ3) is 5.40. The molecule has 1 heterocycles. The Balaban J connectivity index is 1.74. The van der Waals surface area contributed by atoms with E-state index in [-0.39, 0.29) is 11.8 Å². The van der Waals surface area contributed by atoms with Crippen LogP contribution >= 0.6 is 0 Å². The van der Waals surface area contributed by atoms with Crippen LogP contribution in [0.5, 0.6) is 0 Å². The van der Waals surface area contributed by atoms with Crippen molar-refractivity contribution in [2.45, 2.75) is 25.9 Å². The van der Waals surface area contributed by atoms with Crippen LogP contribution in [0.1, 0.15) is 25.3 Å². The van der Waals surface area contributed by atoms with Crippen LogP contribution in [-0.2, 0) is 11.0 Å². The van der Waals surface area contributed by atoms with Crippen molar-refractivity contribution < 1.29 is 18.0 Å². The summed E-state index contributed by atoms with van der Waals surface area (Å²) in [5, 5.41) is 5.77. The lowest BCUT2D eigenvalue weighted by Gasteiger charge is -2.30. The van der Waals surface area contributed by atoms with Gasteiger partial charge in [-0.1, -0.05) is 13.0 Å². The lowest BCUT2D eigenvalue weighted by molar-refractivity contribution is -0.137. The number of piperidine rings is 1. The van der Waals surface area contributed by atoms with Gasteiger partial charge in [0.15, 0.2) is 0 Å². The Bertz CT molecular complexity index is 548. The molecule has 1 fully saturated rings. The molecule has 7 heteroatoms. The zero-order valence-corrected chi connectivity index (χ0v) is 13.8. The Morgan fingerprint density at radius 2 is 2.12 bits per heavy atom. The molecule has 1 aromatic carbocycles. The Kier molecular flexibility index (Phi) is 6.48. The van der Waals surface area contributed by atoms with Gasteiger partial charge in [-0.3, -0.25) is 4.79 Å². The summed E-state index contributed by atoms with van der Waals surface area (Å²) >= 11 is 0. The van der Waals surface area contributed by atoms with Crippen LogP contribution in [0, 0.1) is 5.92 Å². The molecule has 1 aromatic rings. The number of hydrogen-bond acceptors (Lipinski definition) is 3. The molecule has 0 radical (unpaired) electrons. The molecular formula is C17H24F3N3O. The fourth-order valence-corrected chi connectivity index (χ4v) is 2.90. The fourth-order valence-electron chi connectivity index (χ4n) is 2.90. The maximum atomic E-state index is 12.6. The summed E-state index contributed by atoms with van der Waals surface area (Å²) in [7, 11) is 0. The van der Waals surface area contributed by atoms with E-state index < -0.39 is 11.7 Å². The minimum atomic E-state index is -4.35. The molecule has 1 aliphatic rings. The van der Waals surface area contributed by atoms with Crippen LogP contribution in [-0.4, -0.2) is 43.5 Å². The number of halogens is 3. The van der Waals surface area contributed by atoms with Gasteiger partial charge in [0.05, 0.1) is 11.5 Å². The summed E-state index contributed by atoms with van der Waals surface area (Å²) in [5.74, 6) is 0.0336. The number of anilines is 1. The summed E-state index contributed by atoms with van der Waals surface area (Å²) < 4.78 is 37.9. The van der Waals surface area contributed by atoms with E-state index in [9.17, 15) is 18.0 Å². The van der Waals surface area contributed by atoms with E-state index in [1.54, 1.807) is 6.07 Å². The summed E-state index contributed by atoms with van der Waals surface area (Å²) in [6.07, 6.45) is -2.43. The van der Waals surface area contributed by atoms with E-state index in [0.29, 0.717) is 18.8 Å². The third-order valence-electron chi connectivity index (χ3n) is 4.27. The molecule has 0 bridgehead atoms. The largest absolute Gasteiger partial charge is 0.416 e. The molecule has 1 unspecified atom stereocenters. The number of amides is 1. The molecule has 4 nitrogen and oxygen atoms in total. The van der Waals surface area contributed by atoms with E-state index in [1.807, 2.05) is 0 Å². The number of hydrogen-bond donors (Lipinski definition) is 2. The lowest BCUT2D eigenvalue weighted by Crippen LogP contribution is -2.43. The Labute approximate surface area is 140 Å². The topological polar surface area (TPSA) is 44.4 Å². The van der Waals surface area contributed by atoms with Gasteiger partial charge in [-0.25, -0.2) is 0 Å². The number of benzene rings is 1. The van der Waals surface area contributed by atoms with Crippen LogP contribution < -0.4 is 10.6 Å². The van der Waals surface area contributed by atoms with Crippen LogP contribution in [0.4, 0.5) is 18.9 Å². The number of rotatable bonds is 6. The van der Waals surface area contributed by atoms with Crippen molar-refractivity contribution in [3.63, 3.8) is 0 Å². The highest BCUT2D eigenvalue weighted by Gasteiger charge is 2.30. The molecule has 1 atom stereocenters. The number of nitrogens with one attached hydrogen (secondary N) is 2. The molecular weight excluding hydrogens is 319 g/mol. The minimum Gasteiger partial charge on any atom is -0.383 e. The second-order valence-electron chi connectivity index (χ2n) is 6.03. The lowest BCUT2D eigenvalue weighted by atomic mass is 9.97. The van der Waals surface area contributed by atoms with Crippen molar-refractivity contribution in [3.05, 3.63) is 29.8 Å². The van der Waals surface area contributed by atoms with Gasteiger partial charge >= 0.3 is 6.18 Å². The standard InChI is InChI=1S/C17H24F3N3O/c1-2-23-10-4-5-13(12-23)16(24)22-9-8-21-15-7-3-6-14(11-15)17(18,19)20/h3,6-7,11,13,21H,2,4-5,8-10,12H2,1H3,(H,22,24). The Hall–Kier alpha value is -1.76. The van der Waals surface area contributed by atoms with Crippen LogP contribution in [0.25, 0.3) is 0 Å². The SMILES string of the molecule is CCN1CCCC(C(=O)NCCNc2cccc(C(F)(F)F)c2)C1. The quantitative estimate of drug-likeness (QED) is 0.781. The first-order valence-corrected chi connectivity index (χ1v) is 8.31. The first kappa shape index (κ1) is 18.6. The molecule has 2 N–H and O–H groups in total. The monoisotopic (exact) mass is 343 g/mol. The van der Waals surface area contributed by atoms with Crippen molar-refractivity contribution in [2.75, 3.05) is 38.0 Å². The van der Waals surface area contributed by atoms with Crippen molar-refractivity contribution in [2.24, 2.45) is 5.92 Å². The van der Waals surface area contributed by atoms with Gasteiger partial charge in [0.1, 0.15) is 0 Å². The van der Waals surface area contributed by atoms with Gasteiger partial charge in [0, 0.05) is 25.3 Å². The summed E-state index contributed by atoms with van der Waals surface area (Å²) in [6.45, 7) is 5.62. The molecule has 0 saturated carbocycles. The number of carbonyl (C=O) groups is 1. The molecule has 0 aromatic heterocycles. The fraction of sp³-hybridized carbons (Fsp3) is 0.588. The number of alkyl halides is 3. The molecule has 1 saturated heterocycles. The number of carbonyl (C=O) groups excluding carboxylic acids is 1. The van der Waals surface area contributed by atoms with Gasteiger partial charge in [-0.05, 0) is 44.1 Å². The second-order valence-corrected chi connectivity index (χ2v) is 6.03. The van der Waals surface area contributed by atoms with Crippen LogP contribution in [0.2, 0.25) is 0 Å². The van der Waals surface area contributed by atoms with Gasteiger partial charge in [0.25, 0.3) is 0 Å². The highest BCUT2D eigenvalue weighted by atomic mass is 19.4. The Morgan fingerprint density at radius 1 is 1.33 bits per heavy atom. The van der Waals surface area contributed by atoms with Crippen molar-refractivity contribution in [3.8, 4) is 0 Å². The molecule has 24 heavy (non-hydrogen) atoms. The van der Waals surface area contributed by atoms with Gasteiger partial charge in [-0.2, -0.15) is 13.2 Å². The van der Waals surface area contributed by atoms with Crippen LogP contribution in [0.15, 0.2) is 24.3 Å². The summed E-state index contributed by atoms with van der Waals surface area (Å²) in [5.41, 5.74) is -0.285. The van der Waals surface area contributed by atoms with Crippen molar-refractivity contribution in [1.29, 1.82) is 0 Å². The summed E-state index contributed by atoms with van der Waals surface area (Å²) in [4.78, 5) is 14.4. The van der Waals surface area contributed by atoms with E-state index >= 15 is 0 Å². The average Bonchev–Trinajstić information content (AvgIpc) is 2.58. The van der Waals surface area contributed by atoms with Gasteiger partial charge in [-0.15, -0.1) is 0 Å². The highest BCUT2D eigenvalue weighted by Crippen LogP contribution is 2.30. The Morgan fingerprint density at radius 3 is 2.83 bits per heavy atom. The minimum absolute atomic E-state index is 0.00672. The van der Waals surface area contributed by atoms with Gasteiger partial charge < -0.3 is 15.5 Å². The van der Waals surface area contributed by atoms with E-state index in [2.05, 4.69) is 22.5 Å². The molecule has 2 rings (SSSR count). The number of nitrogens with zero attached hydrogens (tertiary/aromatic N) is 1. The van der Waals surface area contributed by atoms with E-state index in [4.69, 9.17) is 0 Å². The van der Waals surface area contributed by atoms with Crippen molar-refractivity contribution in [1.82, 2.24) is 10.2 Å². The van der Waals surface area contributed by atoms with Gasteiger partial charge in [0.2, 0.25) is 5.91 Å². The average molecular weight is 343 g/mol. The first-order valence-electron chi connectivity index (χ1n) is 8.31. The predicted octanol–water partition coefficient (Wildman–Crippen LogP) is 2.97. The predicted molar refractivity (Wildman–Crippen MR) is 87.8 cm³/mol. The molecule has 1 aliphatic heterocycles. The normalized spacial score (nSPS) is 19.1. The smallest absolute Gasteiger partial charge is 0.383 e. The molecule has 0 aliphatic carbocycles. The summed E-state index contributed by atoms with van der Waals surface area (Å²) in [6, 6.07) is 5.06. The van der Waals surface area contributed by atoms with E-state index in [1.165, 1.54) is 6.07 Å². The van der Waals surface area contributed by atoms with Crippen molar-refractivity contribution >= 4 is 11.6 Å².